The van der Waals surface area contributed by atoms with Crippen molar-refractivity contribution in [3.05, 3.63) is 23.3 Å². The van der Waals surface area contributed by atoms with Crippen LogP contribution in [0.3, 0.4) is 0 Å². The molecule has 1 saturated carbocycles. The highest BCUT2D eigenvalue weighted by Gasteiger charge is 2.40. The summed E-state index contributed by atoms with van der Waals surface area (Å²) < 4.78 is 42.7. The van der Waals surface area contributed by atoms with E-state index < -0.39 is 23.2 Å². The van der Waals surface area contributed by atoms with Gasteiger partial charge in [0.15, 0.2) is 11.5 Å². The van der Waals surface area contributed by atoms with Gasteiger partial charge in [-0.1, -0.05) is 6.07 Å². The second-order valence-corrected chi connectivity index (χ2v) is 4.69. The average Bonchev–Trinajstić information content (AvgIpc) is 2.97. The number of alkyl halides is 3. The van der Waals surface area contributed by atoms with Crippen molar-refractivity contribution in [3.8, 4) is 11.5 Å². The number of phenols is 1. The van der Waals surface area contributed by atoms with E-state index in [0.29, 0.717) is 12.0 Å². The normalized spacial score (nSPS) is 17.6. The monoisotopic (exact) mass is 261 g/mol. The van der Waals surface area contributed by atoms with Crippen LogP contribution in [0.2, 0.25) is 0 Å². The minimum atomic E-state index is -4.55. The third kappa shape index (κ3) is 2.38. The van der Waals surface area contributed by atoms with Crippen LogP contribution in [0.5, 0.6) is 11.5 Å². The van der Waals surface area contributed by atoms with E-state index in [1.807, 2.05) is 0 Å². The van der Waals surface area contributed by atoms with E-state index in [1.165, 1.54) is 6.07 Å². The molecule has 6 heteroatoms. The fourth-order valence-corrected chi connectivity index (χ4v) is 1.90. The lowest BCUT2D eigenvalue weighted by Crippen LogP contribution is -2.24. The molecule has 1 aliphatic rings. The van der Waals surface area contributed by atoms with Crippen molar-refractivity contribution in [2.45, 2.75) is 31.0 Å². The van der Waals surface area contributed by atoms with Gasteiger partial charge in [0.2, 0.25) is 0 Å². The molecule has 1 aliphatic carbocycles. The number of rotatable bonds is 3. The molecule has 0 unspecified atom stereocenters. The summed E-state index contributed by atoms with van der Waals surface area (Å²) in [5, 5.41) is 9.84. The van der Waals surface area contributed by atoms with Crippen molar-refractivity contribution >= 4 is 0 Å². The molecule has 100 valence electrons. The minimum Gasteiger partial charge on any atom is -0.504 e. The topological polar surface area (TPSA) is 55.5 Å². The second kappa shape index (κ2) is 4.05. The van der Waals surface area contributed by atoms with Gasteiger partial charge in [0.25, 0.3) is 0 Å². The van der Waals surface area contributed by atoms with Gasteiger partial charge in [0.1, 0.15) is 5.56 Å². The van der Waals surface area contributed by atoms with E-state index in [2.05, 4.69) is 4.74 Å². The fraction of sp³-hybridized carbons (Fsp3) is 0.500. The highest BCUT2D eigenvalue weighted by atomic mass is 19.4. The van der Waals surface area contributed by atoms with Crippen LogP contribution in [-0.4, -0.2) is 17.8 Å². The van der Waals surface area contributed by atoms with Crippen LogP contribution in [0.25, 0.3) is 0 Å². The zero-order chi connectivity index (χ0) is 13.6. The van der Waals surface area contributed by atoms with Crippen LogP contribution in [0.4, 0.5) is 13.2 Å². The van der Waals surface area contributed by atoms with Gasteiger partial charge in [-0.3, -0.25) is 0 Å². The van der Waals surface area contributed by atoms with Gasteiger partial charge in [-0.2, -0.15) is 13.2 Å². The van der Waals surface area contributed by atoms with E-state index in [-0.39, 0.29) is 5.54 Å². The molecule has 3 nitrogen and oxygen atoms in total. The Morgan fingerprint density at radius 2 is 2.00 bits per heavy atom. The Balaban J connectivity index is 2.41. The summed E-state index contributed by atoms with van der Waals surface area (Å²) in [7, 11) is 1.10. The average molecular weight is 261 g/mol. The van der Waals surface area contributed by atoms with Crippen molar-refractivity contribution in [1.29, 1.82) is 0 Å². The highest BCUT2D eigenvalue weighted by Crippen LogP contribution is 2.45. The molecule has 0 bridgehead atoms. The molecule has 0 atom stereocenters. The quantitative estimate of drug-likeness (QED) is 0.878. The van der Waals surface area contributed by atoms with Gasteiger partial charge in [-0.25, -0.2) is 0 Å². The first-order valence-electron chi connectivity index (χ1n) is 5.52. The summed E-state index contributed by atoms with van der Waals surface area (Å²) >= 11 is 0. The molecule has 1 aromatic carbocycles. The zero-order valence-corrected chi connectivity index (χ0v) is 9.84. The lowest BCUT2D eigenvalue weighted by atomic mass is 10.0. The molecular weight excluding hydrogens is 247 g/mol. The Kier molecular flexibility index (Phi) is 2.93. The van der Waals surface area contributed by atoms with E-state index in [0.717, 1.165) is 26.0 Å². The Morgan fingerprint density at radius 3 is 2.44 bits per heavy atom. The first-order valence-corrected chi connectivity index (χ1v) is 5.52. The molecular formula is C12H14F3NO2. The Morgan fingerprint density at radius 1 is 1.39 bits per heavy atom. The van der Waals surface area contributed by atoms with E-state index >= 15 is 0 Å². The molecule has 0 radical (unpaired) electrons. The number of aromatic hydroxyl groups is 1. The summed E-state index contributed by atoms with van der Waals surface area (Å²) in [6, 6.07) is 2.17. The van der Waals surface area contributed by atoms with E-state index in [1.54, 1.807) is 0 Å². The number of benzene rings is 1. The van der Waals surface area contributed by atoms with Gasteiger partial charge in [-0.05, 0) is 30.9 Å². The molecule has 0 spiro atoms. The molecule has 0 amide bonds. The number of ether oxygens (including phenoxy) is 1. The lowest BCUT2D eigenvalue weighted by Gasteiger charge is -2.17. The number of hydrogen-bond donors (Lipinski definition) is 2. The zero-order valence-electron chi connectivity index (χ0n) is 9.84. The predicted octanol–water partition coefficient (Wildman–Crippen LogP) is 2.45. The van der Waals surface area contributed by atoms with Gasteiger partial charge >= 0.3 is 6.18 Å². The summed E-state index contributed by atoms with van der Waals surface area (Å²) in [6.07, 6.45) is -2.57. The second-order valence-electron chi connectivity index (χ2n) is 4.69. The number of hydrogen-bond acceptors (Lipinski definition) is 3. The molecule has 0 aliphatic heterocycles. The summed E-state index contributed by atoms with van der Waals surface area (Å²) in [5.41, 5.74) is 4.91. The largest absolute Gasteiger partial charge is 0.504 e. The Labute approximate surface area is 102 Å². The molecule has 0 saturated heterocycles. The SMILES string of the molecule is COc1c(C(F)(F)F)ccc(CC2(N)CC2)c1O. The molecule has 0 heterocycles. The molecule has 1 fully saturated rings. The number of nitrogens with two attached hydrogens (primary N) is 1. The molecule has 1 aromatic rings. The van der Waals surface area contributed by atoms with Crippen LogP contribution in [0.1, 0.15) is 24.0 Å². The fourth-order valence-electron chi connectivity index (χ4n) is 1.90. The standard InChI is InChI=1S/C12H14F3NO2/c1-18-10-8(12(13,14)15)3-2-7(9(10)17)6-11(16)4-5-11/h2-3,17H,4-6,16H2,1H3. The van der Waals surface area contributed by atoms with Crippen LogP contribution in [0, 0.1) is 0 Å². The molecule has 3 N–H and O–H groups in total. The molecule has 2 rings (SSSR count). The maximum Gasteiger partial charge on any atom is 0.420 e. The smallest absolute Gasteiger partial charge is 0.420 e. The van der Waals surface area contributed by atoms with Crippen LogP contribution >= 0.6 is 0 Å². The Hall–Kier alpha value is -1.43. The lowest BCUT2D eigenvalue weighted by molar-refractivity contribution is -0.138. The highest BCUT2D eigenvalue weighted by molar-refractivity contribution is 5.52. The van der Waals surface area contributed by atoms with Crippen molar-refractivity contribution in [2.75, 3.05) is 7.11 Å². The number of methoxy groups -OCH3 is 1. The van der Waals surface area contributed by atoms with Crippen molar-refractivity contribution in [2.24, 2.45) is 5.73 Å². The maximum atomic E-state index is 12.7. The third-order valence-electron chi connectivity index (χ3n) is 3.16. The van der Waals surface area contributed by atoms with Crippen molar-refractivity contribution < 1.29 is 23.0 Å². The van der Waals surface area contributed by atoms with Crippen LogP contribution in [-0.2, 0) is 12.6 Å². The summed E-state index contributed by atoms with van der Waals surface area (Å²) in [5.74, 6) is -1.01. The van der Waals surface area contributed by atoms with Crippen molar-refractivity contribution in [1.82, 2.24) is 0 Å². The van der Waals surface area contributed by atoms with E-state index in [4.69, 9.17) is 5.73 Å². The number of halogens is 3. The van der Waals surface area contributed by atoms with Crippen molar-refractivity contribution in [3.63, 3.8) is 0 Å². The van der Waals surface area contributed by atoms with E-state index in [9.17, 15) is 18.3 Å². The van der Waals surface area contributed by atoms with Gasteiger partial charge in [0, 0.05) is 5.54 Å². The Bertz CT molecular complexity index is 467. The van der Waals surface area contributed by atoms with Crippen LogP contribution in [0.15, 0.2) is 12.1 Å². The first kappa shape index (κ1) is 13.0. The predicted molar refractivity (Wildman–Crippen MR) is 59.5 cm³/mol. The van der Waals surface area contributed by atoms with Gasteiger partial charge in [0.05, 0.1) is 7.11 Å². The first-order chi connectivity index (χ1) is 8.27. The van der Waals surface area contributed by atoms with Gasteiger partial charge < -0.3 is 15.6 Å². The van der Waals surface area contributed by atoms with Crippen LogP contribution < -0.4 is 10.5 Å². The maximum absolute atomic E-state index is 12.7. The van der Waals surface area contributed by atoms with Gasteiger partial charge in [-0.15, -0.1) is 0 Å². The minimum absolute atomic E-state index is 0.354. The number of phenolic OH excluding ortho intramolecular Hbond substituents is 1. The molecule has 0 aromatic heterocycles. The summed E-state index contributed by atoms with van der Waals surface area (Å²) in [6.45, 7) is 0. The molecule has 18 heavy (non-hydrogen) atoms. The third-order valence-corrected chi connectivity index (χ3v) is 3.16. The summed E-state index contributed by atoms with van der Waals surface area (Å²) in [4.78, 5) is 0.